The Balaban J connectivity index is 1.81. The van der Waals surface area contributed by atoms with Crippen molar-refractivity contribution in [1.29, 1.82) is 0 Å². The highest BCUT2D eigenvalue weighted by Gasteiger charge is 2.39. The van der Waals surface area contributed by atoms with Crippen LogP contribution in [0.2, 0.25) is 0 Å². The second-order valence-electron chi connectivity index (χ2n) is 6.27. The first-order valence-corrected chi connectivity index (χ1v) is 8.40. The second-order valence-corrected chi connectivity index (χ2v) is 6.27. The standard InChI is InChI=1S/C19H22N4O3/c1-4-17(24)23-11-14(13-8-6-5-7-9-13)10-16(23)18(25)20-15-12-22(2)21-19(15)26-3/h4-9,12,14,16H,1,10-11H2,2-3H3,(H,20,25)/t14-,16+/m1/s1. The van der Waals surface area contributed by atoms with Crippen LogP contribution in [0.1, 0.15) is 17.9 Å². The van der Waals surface area contributed by atoms with Crippen molar-refractivity contribution in [3.05, 3.63) is 54.7 Å². The minimum Gasteiger partial charge on any atom is -0.478 e. The zero-order valence-electron chi connectivity index (χ0n) is 14.9. The molecular formula is C19H22N4O3. The summed E-state index contributed by atoms with van der Waals surface area (Å²) in [5.74, 6) is -0.0710. The smallest absolute Gasteiger partial charge is 0.256 e. The molecule has 0 radical (unpaired) electrons. The molecule has 2 heterocycles. The number of amides is 2. The van der Waals surface area contributed by atoms with E-state index in [2.05, 4.69) is 17.0 Å². The quantitative estimate of drug-likeness (QED) is 0.833. The van der Waals surface area contributed by atoms with Gasteiger partial charge in [-0.05, 0) is 18.1 Å². The van der Waals surface area contributed by atoms with E-state index in [4.69, 9.17) is 4.74 Å². The van der Waals surface area contributed by atoms with Crippen LogP contribution in [0.5, 0.6) is 5.88 Å². The number of likely N-dealkylation sites (tertiary alicyclic amines) is 1. The van der Waals surface area contributed by atoms with Gasteiger partial charge in [0, 0.05) is 19.5 Å². The number of anilines is 1. The van der Waals surface area contributed by atoms with E-state index in [1.807, 2.05) is 30.3 Å². The van der Waals surface area contributed by atoms with Gasteiger partial charge in [-0.2, -0.15) is 0 Å². The van der Waals surface area contributed by atoms with Gasteiger partial charge in [-0.25, -0.2) is 0 Å². The zero-order valence-corrected chi connectivity index (χ0v) is 14.9. The number of nitrogens with one attached hydrogen (secondary N) is 1. The van der Waals surface area contributed by atoms with Gasteiger partial charge < -0.3 is 15.0 Å². The number of benzene rings is 1. The molecule has 7 heteroatoms. The summed E-state index contributed by atoms with van der Waals surface area (Å²) in [6, 6.07) is 9.34. The Morgan fingerprint density at radius 1 is 1.35 bits per heavy atom. The number of aryl methyl sites for hydroxylation is 1. The van der Waals surface area contributed by atoms with Gasteiger partial charge in [0.15, 0.2) is 0 Å². The van der Waals surface area contributed by atoms with Crippen molar-refractivity contribution in [3.8, 4) is 5.88 Å². The van der Waals surface area contributed by atoms with Gasteiger partial charge in [-0.3, -0.25) is 14.3 Å². The van der Waals surface area contributed by atoms with Gasteiger partial charge in [-0.1, -0.05) is 36.9 Å². The number of carbonyl (C=O) groups is 2. The number of hydrogen-bond donors (Lipinski definition) is 1. The van der Waals surface area contributed by atoms with E-state index >= 15 is 0 Å². The van der Waals surface area contributed by atoms with Crippen LogP contribution in [-0.4, -0.2) is 46.2 Å². The molecule has 1 saturated heterocycles. The molecule has 2 atom stereocenters. The van der Waals surface area contributed by atoms with Gasteiger partial charge in [0.05, 0.1) is 13.3 Å². The average Bonchev–Trinajstić information content (AvgIpc) is 3.25. The van der Waals surface area contributed by atoms with Crippen LogP contribution >= 0.6 is 0 Å². The van der Waals surface area contributed by atoms with E-state index in [0.29, 0.717) is 24.5 Å². The Bertz CT molecular complexity index is 815. The summed E-state index contributed by atoms with van der Waals surface area (Å²) in [5, 5.41) is 6.95. The van der Waals surface area contributed by atoms with Gasteiger partial charge in [0.1, 0.15) is 11.7 Å². The third-order valence-corrected chi connectivity index (χ3v) is 4.58. The Labute approximate surface area is 152 Å². The lowest BCUT2D eigenvalue weighted by Gasteiger charge is -2.22. The fraction of sp³-hybridized carbons (Fsp3) is 0.316. The van der Waals surface area contributed by atoms with E-state index in [0.717, 1.165) is 5.56 Å². The summed E-state index contributed by atoms with van der Waals surface area (Å²) in [5.41, 5.74) is 1.60. The third-order valence-electron chi connectivity index (χ3n) is 4.58. The molecule has 1 aromatic carbocycles. The molecule has 2 aromatic rings. The van der Waals surface area contributed by atoms with E-state index in [9.17, 15) is 9.59 Å². The summed E-state index contributed by atoms with van der Waals surface area (Å²) in [4.78, 5) is 26.7. The first-order valence-electron chi connectivity index (χ1n) is 8.40. The normalized spacial score (nSPS) is 19.2. The molecule has 0 aliphatic carbocycles. The zero-order chi connectivity index (χ0) is 18.7. The van der Waals surface area contributed by atoms with Gasteiger partial charge in [0.25, 0.3) is 5.88 Å². The molecule has 3 rings (SSSR count). The molecule has 1 N–H and O–H groups in total. The van der Waals surface area contributed by atoms with Crippen LogP contribution in [0.15, 0.2) is 49.2 Å². The summed E-state index contributed by atoms with van der Waals surface area (Å²) < 4.78 is 6.73. The van der Waals surface area contributed by atoms with Crippen LogP contribution in [0.3, 0.4) is 0 Å². The Hall–Kier alpha value is -3.09. The molecule has 0 unspecified atom stereocenters. The van der Waals surface area contributed by atoms with Gasteiger partial charge in [0.2, 0.25) is 11.8 Å². The Morgan fingerprint density at radius 2 is 2.08 bits per heavy atom. The lowest BCUT2D eigenvalue weighted by Crippen LogP contribution is -2.42. The van der Waals surface area contributed by atoms with Crippen LogP contribution in [0, 0.1) is 0 Å². The van der Waals surface area contributed by atoms with Crippen molar-refractivity contribution >= 4 is 17.5 Å². The molecule has 1 aliphatic heterocycles. The van der Waals surface area contributed by atoms with Crippen LogP contribution in [-0.2, 0) is 16.6 Å². The topological polar surface area (TPSA) is 76.5 Å². The van der Waals surface area contributed by atoms with Crippen molar-refractivity contribution in [2.75, 3.05) is 19.0 Å². The summed E-state index contributed by atoms with van der Waals surface area (Å²) in [6.07, 6.45) is 3.47. The largest absolute Gasteiger partial charge is 0.478 e. The van der Waals surface area contributed by atoms with E-state index < -0.39 is 6.04 Å². The highest BCUT2D eigenvalue weighted by molar-refractivity contribution is 6.00. The minimum atomic E-state index is -0.574. The van der Waals surface area contributed by atoms with Crippen molar-refractivity contribution < 1.29 is 14.3 Å². The number of methoxy groups -OCH3 is 1. The van der Waals surface area contributed by atoms with Crippen molar-refractivity contribution in [3.63, 3.8) is 0 Å². The molecule has 2 amide bonds. The molecule has 26 heavy (non-hydrogen) atoms. The van der Waals surface area contributed by atoms with E-state index in [1.54, 1.807) is 22.8 Å². The number of rotatable bonds is 5. The number of aromatic nitrogens is 2. The van der Waals surface area contributed by atoms with Crippen LogP contribution < -0.4 is 10.1 Å². The first-order chi connectivity index (χ1) is 12.5. The Morgan fingerprint density at radius 3 is 2.73 bits per heavy atom. The van der Waals surface area contributed by atoms with E-state index in [-0.39, 0.29) is 17.7 Å². The first kappa shape index (κ1) is 17.7. The average molecular weight is 354 g/mol. The highest BCUT2D eigenvalue weighted by Crippen LogP contribution is 2.33. The SMILES string of the molecule is C=CC(=O)N1C[C@H](c2ccccc2)C[C@H]1C(=O)Nc1cn(C)nc1OC. The number of ether oxygens (including phenoxy) is 1. The molecule has 1 aliphatic rings. The fourth-order valence-corrected chi connectivity index (χ4v) is 3.33. The maximum absolute atomic E-state index is 12.9. The monoisotopic (exact) mass is 354 g/mol. The van der Waals surface area contributed by atoms with Crippen LogP contribution in [0.25, 0.3) is 0 Å². The van der Waals surface area contributed by atoms with Crippen LogP contribution in [0.4, 0.5) is 5.69 Å². The van der Waals surface area contributed by atoms with Gasteiger partial charge in [-0.15, -0.1) is 5.10 Å². The highest BCUT2D eigenvalue weighted by atomic mass is 16.5. The summed E-state index contributed by atoms with van der Waals surface area (Å²) in [6.45, 7) is 4.04. The predicted octanol–water partition coefficient (Wildman–Crippen LogP) is 1.94. The van der Waals surface area contributed by atoms with Crippen molar-refractivity contribution in [2.45, 2.75) is 18.4 Å². The summed E-state index contributed by atoms with van der Waals surface area (Å²) in [7, 11) is 3.24. The maximum atomic E-state index is 12.9. The molecule has 0 spiro atoms. The van der Waals surface area contributed by atoms with E-state index in [1.165, 1.54) is 13.2 Å². The molecule has 0 bridgehead atoms. The van der Waals surface area contributed by atoms with Crippen molar-refractivity contribution in [1.82, 2.24) is 14.7 Å². The third kappa shape index (κ3) is 3.46. The minimum absolute atomic E-state index is 0.103. The van der Waals surface area contributed by atoms with Gasteiger partial charge >= 0.3 is 0 Å². The Kier molecular flexibility index (Phi) is 5.06. The molecule has 7 nitrogen and oxygen atoms in total. The number of nitrogens with zero attached hydrogens (tertiary/aromatic N) is 3. The number of hydrogen-bond acceptors (Lipinski definition) is 4. The second kappa shape index (κ2) is 7.43. The lowest BCUT2D eigenvalue weighted by molar-refractivity contribution is -0.132. The molecule has 0 saturated carbocycles. The summed E-state index contributed by atoms with van der Waals surface area (Å²) >= 11 is 0. The molecule has 1 fully saturated rings. The fourth-order valence-electron chi connectivity index (χ4n) is 3.33. The maximum Gasteiger partial charge on any atom is 0.256 e. The predicted molar refractivity (Wildman–Crippen MR) is 97.9 cm³/mol. The lowest BCUT2D eigenvalue weighted by atomic mass is 9.96. The molecular weight excluding hydrogens is 332 g/mol. The molecule has 136 valence electrons. The molecule has 1 aromatic heterocycles. The van der Waals surface area contributed by atoms with Crippen molar-refractivity contribution in [2.24, 2.45) is 7.05 Å². The number of carbonyl (C=O) groups excluding carboxylic acids is 2.